The van der Waals surface area contributed by atoms with Crippen molar-refractivity contribution in [2.24, 2.45) is 5.92 Å². The van der Waals surface area contributed by atoms with E-state index in [0.29, 0.717) is 51.3 Å². The lowest BCUT2D eigenvalue weighted by atomic mass is 9.82. The van der Waals surface area contributed by atoms with E-state index in [1.54, 1.807) is 6.07 Å². The number of hydrogen-bond acceptors (Lipinski definition) is 5. The Bertz CT molecular complexity index is 1090. The molecule has 0 unspecified atom stereocenters. The fourth-order valence-electron chi connectivity index (χ4n) is 5.95. The maximum Gasteiger partial charge on any atom is 0.416 e. The predicted octanol–water partition coefficient (Wildman–Crippen LogP) is 4.08. The van der Waals surface area contributed by atoms with Crippen LogP contribution in [0.15, 0.2) is 48.5 Å². The Labute approximate surface area is 215 Å². The molecule has 0 saturated carbocycles. The average Bonchev–Trinajstić information content (AvgIpc) is 2.87. The molecular weight excluding hydrogens is 483 g/mol. The van der Waals surface area contributed by atoms with Crippen LogP contribution in [-0.4, -0.2) is 79.8 Å². The van der Waals surface area contributed by atoms with Gasteiger partial charge in [-0.2, -0.15) is 13.2 Å². The number of anilines is 1. The van der Waals surface area contributed by atoms with Crippen molar-refractivity contribution < 1.29 is 27.4 Å². The first-order valence-electron chi connectivity index (χ1n) is 13.0. The molecule has 4 atom stereocenters. The number of benzene rings is 2. The second kappa shape index (κ2) is 10.5. The van der Waals surface area contributed by atoms with Crippen molar-refractivity contribution in [3.63, 3.8) is 0 Å². The lowest BCUT2D eigenvalue weighted by molar-refractivity contribution is -0.148. The molecule has 0 N–H and O–H groups in total. The number of ether oxygens (including phenoxy) is 2. The summed E-state index contributed by atoms with van der Waals surface area (Å²) in [6.45, 7) is 8.18. The van der Waals surface area contributed by atoms with E-state index in [4.69, 9.17) is 9.47 Å². The van der Waals surface area contributed by atoms with E-state index < -0.39 is 17.7 Å². The topological polar surface area (TPSA) is 45.3 Å². The van der Waals surface area contributed by atoms with Gasteiger partial charge in [0.25, 0.3) is 0 Å². The molecule has 3 aliphatic rings. The van der Waals surface area contributed by atoms with Crippen LogP contribution >= 0.6 is 0 Å². The van der Waals surface area contributed by atoms with E-state index in [9.17, 15) is 18.0 Å². The highest BCUT2D eigenvalue weighted by Crippen LogP contribution is 2.40. The smallest absolute Gasteiger partial charge is 0.416 e. The van der Waals surface area contributed by atoms with Gasteiger partial charge in [-0.25, -0.2) is 0 Å². The number of morpholine rings is 1. The highest BCUT2D eigenvalue weighted by Gasteiger charge is 2.44. The summed E-state index contributed by atoms with van der Waals surface area (Å²) in [6.07, 6.45) is -4.27. The van der Waals surface area contributed by atoms with Gasteiger partial charge in [0.2, 0.25) is 5.91 Å². The number of rotatable bonds is 5. The van der Waals surface area contributed by atoms with E-state index in [-0.39, 0.29) is 24.2 Å². The normalized spacial score (nSPS) is 26.4. The molecule has 0 aliphatic carbocycles. The largest absolute Gasteiger partial charge is 0.492 e. The van der Waals surface area contributed by atoms with Crippen LogP contribution in [-0.2, 0) is 22.1 Å². The minimum atomic E-state index is -4.42. The lowest BCUT2D eigenvalue weighted by Crippen LogP contribution is -2.62. The molecule has 2 aromatic rings. The number of piperazine rings is 1. The molecule has 200 valence electrons. The first-order chi connectivity index (χ1) is 17.7. The van der Waals surface area contributed by atoms with Crippen molar-refractivity contribution in [2.45, 2.75) is 44.7 Å². The molecule has 3 heterocycles. The number of halogens is 3. The van der Waals surface area contributed by atoms with Crippen LogP contribution < -0.4 is 9.64 Å². The third-order valence-electron chi connectivity index (χ3n) is 7.59. The molecule has 1 amide bonds. The van der Waals surface area contributed by atoms with Crippen molar-refractivity contribution in [1.29, 1.82) is 0 Å². The van der Waals surface area contributed by atoms with Gasteiger partial charge in [-0.3, -0.25) is 9.69 Å². The fourth-order valence-corrected chi connectivity index (χ4v) is 5.95. The summed E-state index contributed by atoms with van der Waals surface area (Å²) in [5.41, 5.74) is 0.742. The molecule has 0 aromatic heterocycles. The quantitative estimate of drug-likeness (QED) is 0.598. The van der Waals surface area contributed by atoms with Gasteiger partial charge in [-0.1, -0.05) is 18.2 Å². The molecule has 2 fully saturated rings. The van der Waals surface area contributed by atoms with Crippen LogP contribution in [0, 0.1) is 5.92 Å². The zero-order valence-electron chi connectivity index (χ0n) is 21.3. The maximum atomic E-state index is 13.9. The Hall–Kier alpha value is -2.78. The molecule has 0 radical (unpaired) electrons. The van der Waals surface area contributed by atoms with Crippen LogP contribution in [0.5, 0.6) is 5.75 Å². The molecule has 0 bridgehead atoms. The van der Waals surface area contributed by atoms with Gasteiger partial charge in [0.15, 0.2) is 0 Å². The lowest BCUT2D eigenvalue weighted by Gasteiger charge is -2.50. The third-order valence-corrected chi connectivity index (χ3v) is 7.59. The van der Waals surface area contributed by atoms with Gasteiger partial charge in [-0.15, -0.1) is 0 Å². The highest BCUT2D eigenvalue weighted by molar-refractivity contribution is 5.82. The highest BCUT2D eigenvalue weighted by atomic mass is 19.4. The van der Waals surface area contributed by atoms with Crippen LogP contribution in [0.1, 0.15) is 25.0 Å². The average molecular weight is 518 g/mol. The molecule has 2 aromatic carbocycles. The Morgan fingerprint density at radius 3 is 2.46 bits per heavy atom. The van der Waals surface area contributed by atoms with Crippen LogP contribution in [0.25, 0.3) is 0 Å². The Morgan fingerprint density at radius 1 is 1.03 bits per heavy atom. The number of carbonyl (C=O) groups excluding carboxylic acids is 1. The van der Waals surface area contributed by atoms with Crippen molar-refractivity contribution in [2.75, 3.05) is 50.8 Å². The monoisotopic (exact) mass is 517 g/mol. The van der Waals surface area contributed by atoms with Crippen molar-refractivity contribution in [1.82, 2.24) is 9.80 Å². The second-order valence-electron chi connectivity index (χ2n) is 10.4. The van der Waals surface area contributed by atoms with E-state index in [1.165, 1.54) is 6.07 Å². The molecule has 3 aliphatic heterocycles. The number of carbonyl (C=O) groups is 1. The standard InChI is InChI=1S/C28H34F3N3O3/c1-19-16-33(17-20(2)37-19)27(35)24-15-21-14-22(28(29,30)31)8-9-25(21)34-11-10-32(18-26(24)34)12-13-36-23-6-4-3-5-7-23/h3-9,14,19-20,24,26H,10-13,15-18H2,1-2H3/t19-,20+,24-,26-/m1/s1. The zero-order chi connectivity index (χ0) is 26.2. The SMILES string of the molecule is C[C@@H]1CN(C(=O)[C@@H]2Cc3cc(C(F)(F)F)ccc3N3CCN(CCOc4ccccc4)C[C@H]23)C[C@H](C)O1. The summed E-state index contributed by atoms with van der Waals surface area (Å²) in [5, 5.41) is 0. The van der Waals surface area contributed by atoms with Gasteiger partial charge in [-0.05, 0) is 56.2 Å². The summed E-state index contributed by atoms with van der Waals surface area (Å²) in [4.78, 5) is 20.2. The maximum absolute atomic E-state index is 13.9. The second-order valence-corrected chi connectivity index (χ2v) is 10.4. The number of nitrogens with zero attached hydrogens (tertiary/aromatic N) is 3. The van der Waals surface area contributed by atoms with Crippen molar-refractivity contribution in [3.8, 4) is 5.75 Å². The van der Waals surface area contributed by atoms with Gasteiger partial charge in [0, 0.05) is 45.0 Å². The summed E-state index contributed by atoms with van der Waals surface area (Å²) < 4.78 is 52.2. The van der Waals surface area contributed by atoms with E-state index in [0.717, 1.165) is 24.0 Å². The number of fused-ring (bicyclic) bond motifs is 3. The molecule has 2 saturated heterocycles. The Balaban J connectivity index is 1.37. The number of para-hydroxylation sites is 1. The summed E-state index contributed by atoms with van der Waals surface area (Å²) in [5.74, 6) is 0.394. The van der Waals surface area contributed by atoms with Gasteiger partial charge < -0.3 is 19.3 Å². The minimum absolute atomic E-state index is 0.00227. The molecule has 0 spiro atoms. The van der Waals surface area contributed by atoms with Crippen LogP contribution in [0.2, 0.25) is 0 Å². The summed E-state index contributed by atoms with van der Waals surface area (Å²) in [6, 6.07) is 13.5. The van der Waals surface area contributed by atoms with Gasteiger partial charge >= 0.3 is 6.18 Å². The third kappa shape index (κ3) is 5.72. The van der Waals surface area contributed by atoms with Crippen molar-refractivity contribution >= 4 is 11.6 Å². The molecule has 9 heteroatoms. The number of hydrogen-bond donors (Lipinski definition) is 0. The van der Waals surface area contributed by atoms with Gasteiger partial charge in [0.1, 0.15) is 12.4 Å². The summed E-state index contributed by atoms with van der Waals surface area (Å²) >= 11 is 0. The molecular formula is C28H34F3N3O3. The Kier molecular flexibility index (Phi) is 7.36. The molecule has 37 heavy (non-hydrogen) atoms. The molecule has 5 rings (SSSR count). The van der Waals surface area contributed by atoms with E-state index >= 15 is 0 Å². The number of alkyl halides is 3. The summed E-state index contributed by atoms with van der Waals surface area (Å²) in [7, 11) is 0. The van der Waals surface area contributed by atoms with Crippen LogP contribution in [0.3, 0.4) is 0 Å². The predicted molar refractivity (Wildman–Crippen MR) is 135 cm³/mol. The first-order valence-corrected chi connectivity index (χ1v) is 13.0. The number of amides is 1. The van der Waals surface area contributed by atoms with Crippen molar-refractivity contribution in [3.05, 3.63) is 59.7 Å². The Morgan fingerprint density at radius 2 is 1.76 bits per heavy atom. The minimum Gasteiger partial charge on any atom is -0.492 e. The van der Waals surface area contributed by atoms with E-state index in [1.807, 2.05) is 49.1 Å². The van der Waals surface area contributed by atoms with Gasteiger partial charge in [0.05, 0.1) is 29.7 Å². The first kappa shape index (κ1) is 25.9. The van der Waals surface area contributed by atoms with E-state index in [2.05, 4.69) is 9.80 Å². The molecule has 6 nitrogen and oxygen atoms in total. The zero-order valence-corrected chi connectivity index (χ0v) is 21.3. The fraction of sp³-hybridized carbons (Fsp3) is 0.536. The van der Waals surface area contributed by atoms with Crippen LogP contribution in [0.4, 0.5) is 18.9 Å².